The summed E-state index contributed by atoms with van der Waals surface area (Å²) in [7, 11) is 0. The van der Waals surface area contributed by atoms with E-state index in [0.717, 1.165) is 18.5 Å². The van der Waals surface area contributed by atoms with Gasteiger partial charge in [0.05, 0.1) is 15.7 Å². The average molecular weight is 325 g/mol. The molecule has 0 spiro atoms. The van der Waals surface area contributed by atoms with Crippen LogP contribution in [0.5, 0.6) is 11.5 Å². The normalized spacial score (nSPS) is 16.8. The summed E-state index contributed by atoms with van der Waals surface area (Å²) < 4.78 is 7.62. The molecule has 0 amide bonds. The van der Waals surface area contributed by atoms with E-state index in [2.05, 4.69) is 0 Å². The standard InChI is InChI=1S/C15H14Cl2N2O2/c1-8-2-3-12-13(4-5-14(20)19(8)12)21-15-10(16)6-9(18)7-11(15)17/h4-8H,2-3,18H2,1H3. The lowest BCUT2D eigenvalue weighted by atomic mass is 10.2. The lowest BCUT2D eigenvalue weighted by molar-refractivity contribution is 0.467. The highest BCUT2D eigenvalue weighted by atomic mass is 35.5. The van der Waals surface area contributed by atoms with Crippen molar-refractivity contribution < 1.29 is 4.74 Å². The van der Waals surface area contributed by atoms with Crippen molar-refractivity contribution in [3.05, 3.63) is 50.4 Å². The molecule has 1 aliphatic heterocycles. The number of benzene rings is 1. The molecule has 1 aromatic heterocycles. The first kappa shape index (κ1) is 14.3. The largest absolute Gasteiger partial charge is 0.452 e. The third-order valence-corrected chi connectivity index (χ3v) is 4.22. The summed E-state index contributed by atoms with van der Waals surface area (Å²) in [5.41, 5.74) is 7.01. The summed E-state index contributed by atoms with van der Waals surface area (Å²) in [6, 6.07) is 6.50. The average Bonchev–Trinajstić information content (AvgIpc) is 2.79. The number of pyridine rings is 1. The van der Waals surface area contributed by atoms with Crippen LogP contribution in [0.2, 0.25) is 10.0 Å². The number of ether oxygens (including phenoxy) is 1. The van der Waals surface area contributed by atoms with Crippen molar-refractivity contribution >= 4 is 28.9 Å². The van der Waals surface area contributed by atoms with Crippen molar-refractivity contribution in [2.24, 2.45) is 0 Å². The summed E-state index contributed by atoms with van der Waals surface area (Å²) in [5.74, 6) is 0.959. The van der Waals surface area contributed by atoms with Crippen molar-refractivity contribution in [1.82, 2.24) is 4.57 Å². The van der Waals surface area contributed by atoms with Gasteiger partial charge >= 0.3 is 0 Å². The van der Waals surface area contributed by atoms with E-state index < -0.39 is 0 Å². The Kier molecular flexibility index (Phi) is 3.59. The molecular weight excluding hydrogens is 311 g/mol. The maximum absolute atomic E-state index is 11.9. The van der Waals surface area contributed by atoms with Gasteiger partial charge in [-0.2, -0.15) is 0 Å². The fraction of sp³-hybridized carbons (Fsp3) is 0.267. The number of anilines is 1. The topological polar surface area (TPSA) is 57.2 Å². The molecule has 2 N–H and O–H groups in total. The number of halogens is 2. The van der Waals surface area contributed by atoms with E-state index in [9.17, 15) is 4.79 Å². The van der Waals surface area contributed by atoms with Crippen LogP contribution in [-0.2, 0) is 6.42 Å². The molecule has 0 radical (unpaired) electrons. The van der Waals surface area contributed by atoms with Crippen LogP contribution in [0.4, 0.5) is 5.69 Å². The van der Waals surface area contributed by atoms with Crippen LogP contribution in [-0.4, -0.2) is 4.57 Å². The van der Waals surface area contributed by atoms with Crippen LogP contribution < -0.4 is 16.0 Å². The number of nitrogens with two attached hydrogens (primary N) is 1. The van der Waals surface area contributed by atoms with Gasteiger partial charge in [-0.1, -0.05) is 23.2 Å². The summed E-state index contributed by atoms with van der Waals surface area (Å²) in [5, 5.41) is 0.687. The molecule has 0 fully saturated rings. The molecule has 0 bridgehead atoms. The number of nitrogen functional groups attached to an aromatic ring is 1. The SMILES string of the molecule is CC1CCc2c(Oc3c(Cl)cc(N)cc3Cl)ccc(=O)n21. The van der Waals surface area contributed by atoms with Gasteiger partial charge in [0.1, 0.15) is 5.75 Å². The van der Waals surface area contributed by atoms with E-state index in [-0.39, 0.29) is 11.6 Å². The van der Waals surface area contributed by atoms with E-state index in [4.69, 9.17) is 33.7 Å². The number of rotatable bonds is 2. The molecule has 0 saturated heterocycles. The fourth-order valence-corrected chi connectivity index (χ4v) is 3.24. The zero-order valence-corrected chi connectivity index (χ0v) is 12.9. The molecule has 1 aromatic carbocycles. The first-order valence-electron chi connectivity index (χ1n) is 6.64. The van der Waals surface area contributed by atoms with Gasteiger partial charge in [0.25, 0.3) is 5.56 Å². The van der Waals surface area contributed by atoms with Crippen molar-refractivity contribution in [2.75, 3.05) is 5.73 Å². The third-order valence-electron chi connectivity index (χ3n) is 3.66. The molecule has 21 heavy (non-hydrogen) atoms. The van der Waals surface area contributed by atoms with Crippen LogP contribution in [0, 0.1) is 0 Å². The predicted octanol–water partition coefficient (Wildman–Crippen LogP) is 4.04. The minimum absolute atomic E-state index is 0.0168. The first-order valence-corrected chi connectivity index (χ1v) is 7.39. The minimum atomic E-state index is -0.0168. The monoisotopic (exact) mass is 324 g/mol. The Labute approximate surface area is 132 Å². The highest BCUT2D eigenvalue weighted by Gasteiger charge is 2.23. The molecule has 110 valence electrons. The molecule has 0 aliphatic carbocycles. The zero-order valence-electron chi connectivity index (χ0n) is 11.4. The highest BCUT2D eigenvalue weighted by Crippen LogP contribution is 2.40. The number of fused-ring (bicyclic) bond motifs is 1. The predicted molar refractivity (Wildman–Crippen MR) is 84.7 cm³/mol. The summed E-state index contributed by atoms with van der Waals surface area (Å²) in [4.78, 5) is 11.9. The number of aromatic nitrogens is 1. The Balaban J connectivity index is 2.07. The quantitative estimate of drug-likeness (QED) is 0.848. The Bertz CT molecular complexity index is 748. The molecule has 2 heterocycles. The van der Waals surface area contributed by atoms with Crippen LogP contribution in [0.15, 0.2) is 29.1 Å². The molecule has 4 nitrogen and oxygen atoms in total. The summed E-state index contributed by atoms with van der Waals surface area (Å²) >= 11 is 12.3. The number of hydrogen-bond donors (Lipinski definition) is 1. The van der Waals surface area contributed by atoms with E-state index >= 15 is 0 Å². The summed E-state index contributed by atoms with van der Waals surface area (Å²) in [6.45, 7) is 2.02. The zero-order chi connectivity index (χ0) is 15.1. The van der Waals surface area contributed by atoms with Crippen LogP contribution in [0.3, 0.4) is 0 Å². The minimum Gasteiger partial charge on any atom is -0.452 e. The van der Waals surface area contributed by atoms with E-state index in [1.807, 2.05) is 6.92 Å². The van der Waals surface area contributed by atoms with Crippen LogP contribution in [0.1, 0.15) is 25.1 Å². The lowest BCUT2D eigenvalue weighted by Crippen LogP contribution is -2.20. The Morgan fingerprint density at radius 3 is 2.62 bits per heavy atom. The number of nitrogens with zero attached hydrogens (tertiary/aromatic N) is 1. The number of hydrogen-bond acceptors (Lipinski definition) is 3. The highest BCUT2D eigenvalue weighted by molar-refractivity contribution is 6.37. The van der Waals surface area contributed by atoms with E-state index in [0.29, 0.717) is 27.2 Å². The Hall–Kier alpha value is -1.65. The molecule has 1 aliphatic rings. The summed E-state index contributed by atoms with van der Waals surface area (Å²) in [6.07, 6.45) is 1.70. The van der Waals surface area contributed by atoms with E-state index in [1.54, 1.807) is 22.8 Å². The lowest BCUT2D eigenvalue weighted by Gasteiger charge is -2.15. The Morgan fingerprint density at radius 2 is 1.95 bits per heavy atom. The maximum Gasteiger partial charge on any atom is 0.251 e. The Morgan fingerprint density at radius 1 is 1.29 bits per heavy atom. The molecule has 6 heteroatoms. The van der Waals surface area contributed by atoms with Gasteiger partial charge in [0.2, 0.25) is 0 Å². The van der Waals surface area contributed by atoms with Gasteiger partial charge in [-0.05, 0) is 38.0 Å². The van der Waals surface area contributed by atoms with Gasteiger partial charge in [-0.15, -0.1) is 0 Å². The van der Waals surface area contributed by atoms with Crippen LogP contribution >= 0.6 is 23.2 Å². The molecule has 1 unspecified atom stereocenters. The molecule has 3 rings (SSSR count). The molecule has 1 atom stereocenters. The smallest absolute Gasteiger partial charge is 0.251 e. The van der Waals surface area contributed by atoms with Gasteiger partial charge in [-0.25, -0.2) is 0 Å². The van der Waals surface area contributed by atoms with Crippen molar-refractivity contribution in [3.63, 3.8) is 0 Å². The first-order chi connectivity index (χ1) is 9.97. The fourth-order valence-electron chi connectivity index (χ4n) is 2.66. The van der Waals surface area contributed by atoms with Gasteiger partial charge < -0.3 is 15.0 Å². The second kappa shape index (κ2) is 5.28. The second-order valence-corrected chi connectivity index (χ2v) is 5.97. The maximum atomic E-state index is 11.9. The van der Waals surface area contributed by atoms with Crippen molar-refractivity contribution in [3.8, 4) is 11.5 Å². The van der Waals surface area contributed by atoms with Gasteiger partial charge in [0, 0.05) is 17.8 Å². The molecule has 0 saturated carbocycles. The van der Waals surface area contributed by atoms with Crippen molar-refractivity contribution in [1.29, 1.82) is 0 Å². The van der Waals surface area contributed by atoms with Gasteiger partial charge in [0.15, 0.2) is 5.75 Å². The molecular formula is C15H14Cl2N2O2. The van der Waals surface area contributed by atoms with E-state index in [1.165, 1.54) is 6.07 Å². The van der Waals surface area contributed by atoms with Crippen molar-refractivity contribution in [2.45, 2.75) is 25.8 Å². The van der Waals surface area contributed by atoms with Gasteiger partial charge in [-0.3, -0.25) is 4.79 Å². The third kappa shape index (κ3) is 2.49. The van der Waals surface area contributed by atoms with Crippen LogP contribution in [0.25, 0.3) is 0 Å². The second-order valence-electron chi connectivity index (χ2n) is 5.16. The molecule has 2 aromatic rings.